The van der Waals surface area contributed by atoms with Crippen molar-refractivity contribution in [2.45, 2.75) is 39.2 Å². The summed E-state index contributed by atoms with van der Waals surface area (Å²) in [6.45, 7) is 4.62. The highest BCUT2D eigenvalue weighted by Crippen LogP contribution is 2.24. The van der Waals surface area contributed by atoms with Crippen molar-refractivity contribution in [3.63, 3.8) is 0 Å². The van der Waals surface area contributed by atoms with E-state index in [-0.39, 0.29) is 24.4 Å². The van der Waals surface area contributed by atoms with Gasteiger partial charge in [0.05, 0.1) is 18.8 Å². The SMILES string of the molecule is CCC(C)NC(=O)c1cccc(NCC(=O)Nc2ccccc2OCCCc2ccccc2)c1. The summed E-state index contributed by atoms with van der Waals surface area (Å²) >= 11 is 0. The molecule has 2 amide bonds. The number of rotatable bonds is 12. The Balaban J connectivity index is 1.49. The van der Waals surface area contributed by atoms with Gasteiger partial charge in [-0.1, -0.05) is 55.5 Å². The molecule has 0 radical (unpaired) electrons. The van der Waals surface area contributed by atoms with Crippen LogP contribution in [0.5, 0.6) is 5.75 Å². The van der Waals surface area contributed by atoms with E-state index < -0.39 is 0 Å². The zero-order valence-corrected chi connectivity index (χ0v) is 19.8. The Kier molecular flexibility index (Phi) is 9.52. The molecule has 3 aromatic carbocycles. The molecule has 6 nitrogen and oxygen atoms in total. The van der Waals surface area contributed by atoms with Gasteiger partial charge in [-0.25, -0.2) is 0 Å². The van der Waals surface area contributed by atoms with Crippen LogP contribution in [0.15, 0.2) is 78.9 Å². The summed E-state index contributed by atoms with van der Waals surface area (Å²) in [7, 11) is 0. The van der Waals surface area contributed by atoms with E-state index in [9.17, 15) is 9.59 Å². The van der Waals surface area contributed by atoms with Gasteiger partial charge in [-0.05, 0) is 62.1 Å². The number of benzene rings is 3. The van der Waals surface area contributed by atoms with Crippen molar-refractivity contribution in [3.05, 3.63) is 90.0 Å². The van der Waals surface area contributed by atoms with Crippen LogP contribution in [0.25, 0.3) is 0 Å². The monoisotopic (exact) mass is 459 g/mol. The topological polar surface area (TPSA) is 79.5 Å². The molecular weight excluding hydrogens is 426 g/mol. The van der Waals surface area contributed by atoms with Gasteiger partial charge < -0.3 is 20.7 Å². The van der Waals surface area contributed by atoms with Gasteiger partial charge in [0.1, 0.15) is 5.75 Å². The summed E-state index contributed by atoms with van der Waals surface area (Å²) in [5, 5.41) is 8.94. The van der Waals surface area contributed by atoms with Crippen LogP contribution < -0.4 is 20.7 Å². The molecule has 0 saturated heterocycles. The smallest absolute Gasteiger partial charge is 0.251 e. The van der Waals surface area contributed by atoms with Crippen molar-refractivity contribution in [1.29, 1.82) is 0 Å². The number of anilines is 2. The Morgan fingerprint density at radius 3 is 2.50 bits per heavy atom. The molecule has 1 atom stereocenters. The molecule has 0 spiro atoms. The number of carbonyl (C=O) groups excluding carboxylic acids is 2. The molecule has 34 heavy (non-hydrogen) atoms. The summed E-state index contributed by atoms with van der Waals surface area (Å²) < 4.78 is 5.93. The standard InChI is InChI=1S/C28H33N3O3/c1-3-21(2)30-28(33)23-14-9-15-24(19-23)29-20-27(32)31-25-16-7-8-17-26(25)34-18-10-13-22-11-5-4-6-12-22/h4-9,11-12,14-17,19,21,29H,3,10,13,18,20H2,1-2H3,(H,30,33)(H,31,32). The molecule has 178 valence electrons. The molecule has 0 bridgehead atoms. The van der Waals surface area contributed by atoms with Gasteiger partial charge in [0.15, 0.2) is 0 Å². The van der Waals surface area contributed by atoms with Crippen LogP contribution in [0.1, 0.15) is 42.6 Å². The number of para-hydroxylation sites is 2. The maximum Gasteiger partial charge on any atom is 0.251 e. The van der Waals surface area contributed by atoms with Crippen molar-refractivity contribution in [1.82, 2.24) is 5.32 Å². The molecule has 0 heterocycles. The molecule has 0 aliphatic rings. The molecule has 0 fully saturated rings. The Morgan fingerprint density at radius 1 is 0.941 bits per heavy atom. The van der Waals surface area contributed by atoms with E-state index in [1.165, 1.54) is 5.56 Å². The second-order valence-corrected chi connectivity index (χ2v) is 8.20. The van der Waals surface area contributed by atoms with Crippen LogP contribution in [-0.4, -0.2) is 31.0 Å². The number of nitrogens with one attached hydrogen (secondary N) is 3. The molecule has 0 aromatic heterocycles. The minimum atomic E-state index is -0.199. The highest BCUT2D eigenvalue weighted by atomic mass is 16.5. The average Bonchev–Trinajstić information content (AvgIpc) is 2.87. The molecular formula is C28H33N3O3. The van der Waals surface area contributed by atoms with Gasteiger partial charge >= 0.3 is 0 Å². The molecule has 0 aliphatic heterocycles. The average molecular weight is 460 g/mol. The first-order chi connectivity index (χ1) is 16.5. The number of ether oxygens (including phenoxy) is 1. The largest absolute Gasteiger partial charge is 0.491 e. The van der Waals surface area contributed by atoms with Crippen molar-refractivity contribution < 1.29 is 14.3 Å². The molecule has 0 saturated carbocycles. The number of hydrogen-bond donors (Lipinski definition) is 3. The predicted molar refractivity (Wildman–Crippen MR) is 137 cm³/mol. The first-order valence-electron chi connectivity index (χ1n) is 11.8. The molecule has 6 heteroatoms. The minimum Gasteiger partial charge on any atom is -0.491 e. The lowest BCUT2D eigenvalue weighted by molar-refractivity contribution is -0.114. The minimum absolute atomic E-state index is 0.0682. The summed E-state index contributed by atoms with van der Waals surface area (Å²) in [4.78, 5) is 24.9. The third-order valence-electron chi connectivity index (χ3n) is 5.44. The highest BCUT2D eigenvalue weighted by Gasteiger charge is 2.11. The maximum absolute atomic E-state index is 12.5. The Hall–Kier alpha value is -3.80. The van der Waals surface area contributed by atoms with Crippen molar-refractivity contribution >= 4 is 23.2 Å². The fourth-order valence-corrected chi connectivity index (χ4v) is 3.36. The van der Waals surface area contributed by atoms with E-state index in [4.69, 9.17) is 4.74 Å². The van der Waals surface area contributed by atoms with Crippen LogP contribution in [-0.2, 0) is 11.2 Å². The fourth-order valence-electron chi connectivity index (χ4n) is 3.36. The molecule has 3 rings (SSSR count). The van der Waals surface area contributed by atoms with E-state index >= 15 is 0 Å². The molecule has 3 N–H and O–H groups in total. The maximum atomic E-state index is 12.5. The van der Waals surface area contributed by atoms with Crippen molar-refractivity contribution in [2.24, 2.45) is 0 Å². The number of amides is 2. The third kappa shape index (κ3) is 7.96. The van der Waals surface area contributed by atoms with Gasteiger partial charge in [0.2, 0.25) is 5.91 Å². The van der Waals surface area contributed by atoms with Crippen molar-refractivity contribution in [3.8, 4) is 5.75 Å². The van der Waals surface area contributed by atoms with Crippen molar-refractivity contribution in [2.75, 3.05) is 23.8 Å². The van der Waals surface area contributed by atoms with Crippen LogP contribution >= 0.6 is 0 Å². The highest BCUT2D eigenvalue weighted by molar-refractivity contribution is 5.96. The first-order valence-corrected chi connectivity index (χ1v) is 11.8. The summed E-state index contributed by atoms with van der Waals surface area (Å²) in [6, 6.07) is 24.9. The van der Waals surface area contributed by atoms with Crippen LogP contribution in [0, 0.1) is 0 Å². The predicted octanol–water partition coefficient (Wildman–Crippen LogP) is 5.28. The fraction of sp³-hybridized carbons (Fsp3) is 0.286. The van der Waals surface area contributed by atoms with E-state index in [2.05, 4.69) is 28.1 Å². The number of hydrogen-bond acceptors (Lipinski definition) is 4. The van der Waals surface area contributed by atoms with Crippen LogP contribution in [0.2, 0.25) is 0 Å². The first kappa shape index (κ1) is 24.8. The van der Waals surface area contributed by atoms with E-state index in [1.54, 1.807) is 18.2 Å². The van der Waals surface area contributed by atoms with E-state index in [0.717, 1.165) is 19.3 Å². The molecule has 3 aromatic rings. The zero-order chi connectivity index (χ0) is 24.2. The van der Waals surface area contributed by atoms with Gasteiger partial charge in [-0.2, -0.15) is 0 Å². The van der Waals surface area contributed by atoms with Gasteiger partial charge in [-0.3, -0.25) is 9.59 Å². The number of carbonyl (C=O) groups is 2. The van der Waals surface area contributed by atoms with Gasteiger partial charge in [-0.15, -0.1) is 0 Å². The lowest BCUT2D eigenvalue weighted by Gasteiger charge is -2.14. The lowest BCUT2D eigenvalue weighted by atomic mass is 10.1. The number of aryl methyl sites for hydroxylation is 1. The van der Waals surface area contributed by atoms with Crippen LogP contribution in [0.4, 0.5) is 11.4 Å². The normalized spacial score (nSPS) is 11.4. The molecule has 1 unspecified atom stereocenters. The van der Waals surface area contributed by atoms with E-state index in [1.807, 2.05) is 62.4 Å². The van der Waals surface area contributed by atoms with Gasteiger partial charge in [0.25, 0.3) is 5.91 Å². The van der Waals surface area contributed by atoms with Crippen LogP contribution in [0.3, 0.4) is 0 Å². The quantitative estimate of drug-likeness (QED) is 0.322. The Bertz CT molecular complexity index is 1070. The van der Waals surface area contributed by atoms with E-state index in [0.29, 0.717) is 29.3 Å². The third-order valence-corrected chi connectivity index (χ3v) is 5.44. The zero-order valence-electron chi connectivity index (χ0n) is 19.8. The summed E-state index contributed by atoms with van der Waals surface area (Å²) in [5.41, 5.74) is 3.17. The second-order valence-electron chi connectivity index (χ2n) is 8.20. The summed E-state index contributed by atoms with van der Waals surface area (Å²) in [5.74, 6) is 0.322. The second kappa shape index (κ2) is 13.0. The molecule has 0 aliphatic carbocycles. The van der Waals surface area contributed by atoms with Gasteiger partial charge in [0, 0.05) is 17.3 Å². The Morgan fingerprint density at radius 2 is 1.71 bits per heavy atom. The summed E-state index contributed by atoms with van der Waals surface area (Å²) in [6.07, 6.45) is 2.69. The lowest BCUT2D eigenvalue weighted by Crippen LogP contribution is -2.31. The Labute approximate surface area is 201 Å².